The molecule has 2 heterocycles. The van der Waals surface area contributed by atoms with E-state index in [0.29, 0.717) is 11.1 Å². The van der Waals surface area contributed by atoms with Crippen molar-refractivity contribution in [3.63, 3.8) is 0 Å². The minimum absolute atomic E-state index is 0.0394. The van der Waals surface area contributed by atoms with Crippen molar-refractivity contribution < 1.29 is 0 Å². The lowest BCUT2D eigenvalue weighted by molar-refractivity contribution is 0.422. The Hall–Kier alpha value is -6.87. The zero-order valence-corrected chi connectivity index (χ0v) is 28.7. The normalized spacial score (nSPS) is 16.5. The van der Waals surface area contributed by atoms with E-state index in [2.05, 4.69) is 126 Å². The second kappa shape index (κ2) is 12.5. The van der Waals surface area contributed by atoms with Crippen molar-refractivity contribution in [1.82, 2.24) is 4.57 Å². The fourth-order valence-corrected chi connectivity index (χ4v) is 8.51. The van der Waals surface area contributed by atoms with Crippen molar-refractivity contribution in [3.8, 4) is 46.1 Å². The Morgan fingerprint density at radius 1 is 0.615 bits per heavy atom. The maximum Gasteiger partial charge on any atom is 0.0992 e. The summed E-state index contributed by atoms with van der Waals surface area (Å²) in [4.78, 5) is 2.40. The highest BCUT2D eigenvalue weighted by atomic mass is 15.2. The van der Waals surface area contributed by atoms with Crippen LogP contribution in [0.4, 0.5) is 11.4 Å². The average molecular weight is 668 g/mol. The number of nitriles is 3. The van der Waals surface area contributed by atoms with Gasteiger partial charge in [0.1, 0.15) is 0 Å². The standard InChI is InChI=1S/C47H33N5/c1-30-36(29-50)19-18-35-24-34-9-2-5-14-43(34)52(47(30)35)44-15-6-3-12-40(44)38-22-32(28-49)21-37(25-38)33-10-8-11-39(26-33)51-45-16-7-4-13-41(45)42-23-31(27-48)17-20-46(42)51/h2-17,20-23,25-26,30,36H,18-19,24H2,1H3. The minimum Gasteiger partial charge on any atom is -0.313 e. The van der Waals surface area contributed by atoms with Crippen molar-refractivity contribution in [3.05, 3.63) is 161 Å². The molecule has 6 aromatic carbocycles. The number of allylic oxidation sites excluding steroid dienone is 2. The van der Waals surface area contributed by atoms with E-state index < -0.39 is 0 Å². The van der Waals surface area contributed by atoms with Crippen molar-refractivity contribution >= 4 is 33.2 Å². The van der Waals surface area contributed by atoms with Gasteiger partial charge in [-0.3, -0.25) is 0 Å². The monoisotopic (exact) mass is 667 g/mol. The third-order valence-electron chi connectivity index (χ3n) is 11.0. The SMILES string of the molecule is CC1C2=C(CCC1C#N)Cc1ccccc1N2c1ccccc1-c1cc(C#N)cc(-c2cccc(-n3c4ccccc4c4cc(C#N)ccc43)c2)c1. The zero-order chi connectivity index (χ0) is 35.3. The number of nitrogens with zero attached hydrogens (tertiary/aromatic N) is 5. The van der Waals surface area contributed by atoms with E-state index in [1.807, 2.05) is 42.5 Å². The first-order valence-electron chi connectivity index (χ1n) is 17.7. The van der Waals surface area contributed by atoms with Crippen LogP contribution in [0, 0.1) is 45.8 Å². The highest BCUT2D eigenvalue weighted by Crippen LogP contribution is 2.50. The summed E-state index contributed by atoms with van der Waals surface area (Å²) in [7, 11) is 0. The van der Waals surface area contributed by atoms with Gasteiger partial charge in [-0.15, -0.1) is 0 Å². The Kier molecular flexibility index (Phi) is 7.47. The van der Waals surface area contributed by atoms with E-state index in [1.54, 1.807) is 0 Å². The highest BCUT2D eigenvalue weighted by Gasteiger charge is 2.37. The first-order chi connectivity index (χ1) is 25.6. The molecular weight excluding hydrogens is 635 g/mol. The maximum atomic E-state index is 10.3. The lowest BCUT2D eigenvalue weighted by atomic mass is 9.75. The molecule has 9 rings (SSSR count). The summed E-state index contributed by atoms with van der Waals surface area (Å²) in [6, 6.07) is 53.1. The van der Waals surface area contributed by atoms with Gasteiger partial charge in [0.05, 0.1) is 52.0 Å². The third kappa shape index (κ3) is 4.97. The second-order valence-electron chi connectivity index (χ2n) is 13.9. The van der Waals surface area contributed by atoms with E-state index in [9.17, 15) is 15.8 Å². The first-order valence-corrected chi connectivity index (χ1v) is 17.7. The summed E-state index contributed by atoms with van der Waals surface area (Å²) < 4.78 is 2.25. The van der Waals surface area contributed by atoms with Crippen LogP contribution in [0.25, 0.3) is 49.7 Å². The molecule has 5 nitrogen and oxygen atoms in total. The van der Waals surface area contributed by atoms with Gasteiger partial charge in [-0.05, 0) is 114 Å². The lowest BCUT2D eigenvalue weighted by Gasteiger charge is -2.43. The van der Waals surface area contributed by atoms with Gasteiger partial charge in [0, 0.05) is 39.3 Å². The second-order valence-corrected chi connectivity index (χ2v) is 13.9. The van der Waals surface area contributed by atoms with Crippen molar-refractivity contribution in [2.24, 2.45) is 11.8 Å². The van der Waals surface area contributed by atoms with Gasteiger partial charge in [-0.1, -0.05) is 73.7 Å². The number of para-hydroxylation sites is 3. The molecule has 0 radical (unpaired) electrons. The summed E-state index contributed by atoms with van der Waals surface area (Å²) >= 11 is 0. The molecule has 1 aromatic heterocycles. The predicted molar refractivity (Wildman–Crippen MR) is 208 cm³/mol. The lowest BCUT2D eigenvalue weighted by Crippen LogP contribution is -2.34. The molecule has 2 unspecified atom stereocenters. The van der Waals surface area contributed by atoms with Crippen LogP contribution in [0.5, 0.6) is 0 Å². The average Bonchev–Trinajstić information content (AvgIpc) is 3.53. The van der Waals surface area contributed by atoms with Crippen molar-refractivity contribution in [2.45, 2.75) is 26.2 Å². The van der Waals surface area contributed by atoms with E-state index in [-0.39, 0.29) is 11.8 Å². The highest BCUT2D eigenvalue weighted by molar-refractivity contribution is 6.09. The van der Waals surface area contributed by atoms with E-state index in [0.717, 1.165) is 80.4 Å². The Morgan fingerprint density at radius 2 is 1.37 bits per heavy atom. The topological polar surface area (TPSA) is 79.5 Å². The first kappa shape index (κ1) is 31.1. The summed E-state index contributed by atoms with van der Waals surface area (Å²) in [5.41, 5.74) is 14.4. The van der Waals surface area contributed by atoms with Crippen LogP contribution in [-0.4, -0.2) is 4.57 Å². The van der Waals surface area contributed by atoms with Crippen LogP contribution in [0.2, 0.25) is 0 Å². The fourth-order valence-electron chi connectivity index (χ4n) is 8.51. The molecule has 5 heteroatoms. The summed E-state index contributed by atoms with van der Waals surface area (Å²) in [5, 5.41) is 32.2. The number of hydrogen-bond acceptors (Lipinski definition) is 4. The number of benzene rings is 6. The van der Waals surface area contributed by atoms with E-state index in [4.69, 9.17) is 0 Å². The largest absolute Gasteiger partial charge is 0.313 e. The zero-order valence-electron chi connectivity index (χ0n) is 28.7. The molecule has 0 N–H and O–H groups in total. The Balaban J connectivity index is 1.20. The van der Waals surface area contributed by atoms with Crippen LogP contribution in [0.1, 0.15) is 36.5 Å². The predicted octanol–water partition coefficient (Wildman–Crippen LogP) is 11.4. The quantitative estimate of drug-likeness (QED) is 0.187. The molecule has 0 saturated carbocycles. The number of hydrogen-bond donors (Lipinski definition) is 0. The molecule has 7 aromatic rings. The molecule has 0 bridgehead atoms. The number of anilines is 2. The molecule has 2 aliphatic rings. The number of aromatic nitrogens is 1. The van der Waals surface area contributed by atoms with Crippen LogP contribution >= 0.6 is 0 Å². The van der Waals surface area contributed by atoms with Crippen LogP contribution in [-0.2, 0) is 6.42 Å². The Labute approximate surface area is 303 Å². The van der Waals surface area contributed by atoms with Crippen molar-refractivity contribution in [1.29, 1.82) is 15.8 Å². The van der Waals surface area contributed by atoms with E-state index >= 15 is 0 Å². The fraction of sp³-hybridized carbons (Fsp3) is 0.128. The summed E-state index contributed by atoms with van der Waals surface area (Å²) in [6.07, 6.45) is 2.71. The molecule has 52 heavy (non-hydrogen) atoms. The molecule has 0 saturated heterocycles. The molecule has 0 amide bonds. The maximum absolute atomic E-state index is 10.3. The third-order valence-corrected chi connectivity index (χ3v) is 11.0. The number of rotatable bonds is 4. The molecule has 246 valence electrons. The van der Waals surface area contributed by atoms with Gasteiger partial charge < -0.3 is 9.47 Å². The number of fused-ring (bicyclic) bond motifs is 4. The van der Waals surface area contributed by atoms with Crippen LogP contribution < -0.4 is 4.90 Å². The van der Waals surface area contributed by atoms with Crippen LogP contribution in [0.15, 0.2) is 145 Å². The molecular formula is C47H33N5. The van der Waals surface area contributed by atoms with Crippen molar-refractivity contribution in [2.75, 3.05) is 4.90 Å². The van der Waals surface area contributed by atoms with Crippen LogP contribution in [0.3, 0.4) is 0 Å². The molecule has 0 spiro atoms. The molecule has 1 aliphatic heterocycles. The van der Waals surface area contributed by atoms with E-state index in [1.165, 1.54) is 16.8 Å². The molecule has 1 aliphatic carbocycles. The molecule has 2 atom stereocenters. The van der Waals surface area contributed by atoms with Gasteiger partial charge in [0.2, 0.25) is 0 Å². The Bertz CT molecular complexity index is 2740. The Morgan fingerprint density at radius 3 is 2.21 bits per heavy atom. The van der Waals surface area contributed by atoms with Gasteiger partial charge in [0.15, 0.2) is 0 Å². The minimum atomic E-state index is -0.0394. The van der Waals surface area contributed by atoms with Gasteiger partial charge >= 0.3 is 0 Å². The van der Waals surface area contributed by atoms with Gasteiger partial charge in [0.25, 0.3) is 0 Å². The molecule has 0 fully saturated rings. The van der Waals surface area contributed by atoms with Gasteiger partial charge in [-0.25, -0.2) is 0 Å². The smallest absolute Gasteiger partial charge is 0.0992 e. The summed E-state index contributed by atoms with van der Waals surface area (Å²) in [6.45, 7) is 2.20. The van der Waals surface area contributed by atoms with Gasteiger partial charge in [-0.2, -0.15) is 15.8 Å². The summed E-state index contributed by atoms with van der Waals surface area (Å²) in [5.74, 6) is 0.0497.